The van der Waals surface area contributed by atoms with Crippen molar-refractivity contribution in [1.82, 2.24) is 14.1 Å². The molecule has 0 saturated carbocycles. The molecule has 9 rings (SSSR count). The van der Waals surface area contributed by atoms with Crippen LogP contribution in [0, 0.1) is 6.92 Å². The number of ether oxygens (including phenoxy) is 1. The van der Waals surface area contributed by atoms with E-state index in [0.29, 0.717) is 0 Å². The fourth-order valence-electron chi connectivity index (χ4n) is 8.35. The maximum Gasteiger partial charge on any atom is 0.255 e. The normalized spacial score (nSPS) is 12.5. The summed E-state index contributed by atoms with van der Waals surface area (Å²) in [4.78, 5) is 5.09. The number of hydrogen-bond donors (Lipinski definition) is 0. The highest BCUT2D eigenvalue weighted by atomic mass is 16.5. The first kappa shape index (κ1) is 39.0. The lowest BCUT2D eigenvalue weighted by Gasteiger charge is -2.25. The number of nitrogens with zero attached hydrogens (tertiary/aromatic N) is 4. The molecule has 9 aromatic rings. The van der Waals surface area contributed by atoms with Crippen LogP contribution >= 0.6 is 0 Å². The monoisotopic (exact) mass is 787 g/mol. The zero-order chi connectivity index (χ0) is 42.1. The van der Waals surface area contributed by atoms with Crippen LogP contribution in [0.3, 0.4) is 0 Å². The number of benzene rings is 6. The Hall–Kier alpha value is -6.46. The first-order chi connectivity index (χ1) is 28.5. The Labute approximate surface area is 354 Å². The number of imidazole rings is 1. The molecule has 0 atom stereocenters. The predicted molar refractivity (Wildman–Crippen MR) is 250 cm³/mol. The number of para-hydroxylation sites is 3. The van der Waals surface area contributed by atoms with Gasteiger partial charge in [0.05, 0.1) is 11.0 Å². The second-order valence-electron chi connectivity index (χ2n) is 19.4. The standard InChI is InChI=1S/C55H55N4O/c1-36-28-52(56-34-47(36)37-22-24-38(25-23-37)53(2,3)4)59-48-19-12-11-18-45(48)46-27-26-44(33-51(46)59)60-43-17-15-16-41(32-43)57-35-58(50-21-14-13-20-49(50)57)42-30-39(54(5,6)7)29-40(31-42)55(8,9)10/h11-35H,1-10H3/q+1. The van der Waals surface area contributed by atoms with Gasteiger partial charge in [0.15, 0.2) is 11.0 Å². The van der Waals surface area contributed by atoms with E-state index in [4.69, 9.17) is 9.72 Å². The lowest BCUT2D eigenvalue weighted by molar-refractivity contribution is -0.567. The molecule has 0 bridgehead atoms. The Bertz CT molecular complexity index is 3040. The zero-order valence-electron chi connectivity index (χ0n) is 36.6. The van der Waals surface area contributed by atoms with Gasteiger partial charge in [-0.05, 0) is 112 Å². The molecule has 0 aliphatic rings. The fraction of sp³-hybridized carbons (Fsp3) is 0.236. The third-order valence-electron chi connectivity index (χ3n) is 11.9. The summed E-state index contributed by atoms with van der Waals surface area (Å²) in [6.45, 7) is 22.7. The minimum absolute atomic E-state index is 0.0114. The van der Waals surface area contributed by atoms with Crippen LogP contribution in [0.1, 0.15) is 84.6 Å². The first-order valence-electron chi connectivity index (χ1n) is 21.1. The number of aromatic nitrogens is 4. The minimum Gasteiger partial charge on any atom is -0.457 e. The fourth-order valence-corrected chi connectivity index (χ4v) is 8.35. The average molecular weight is 788 g/mol. The molecule has 0 aliphatic heterocycles. The summed E-state index contributed by atoms with van der Waals surface area (Å²) in [7, 11) is 0. The molecule has 0 radical (unpaired) electrons. The molecule has 5 nitrogen and oxygen atoms in total. The minimum atomic E-state index is 0.0114. The second-order valence-corrected chi connectivity index (χ2v) is 19.4. The predicted octanol–water partition coefficient (Wildman–Crippen LogP) is 14.1. The number of pyridine rings is 1. The Morgan fingerprint density at radius 2 is 1.17 bits per heavy atom. The van der Waals surface area contributed by atoms with Crippen molar-refractivity contribution in [2.45, 2.75) is 85.5 Å². The summed E-state index contributed by atoms with van der Waals surface area (Å²) in [5, 5.41) is 2.33. The van der Waals surface area contributed by atoms with Gasteiger partial charge in [-0.1, -0.05) is 129 Å². The highest BCUT2D eigenvalue weighted by Crippen LogP contribution is 2.37. The van der Waals surface area contributed by atoms with Gasteiger partial charge in [0.2, 0.25) is 0 Å². The van der Waals surface area contributed by atoms with Crippen LogP contribution in [-0.4, -0.2) is 14.1 Å². The van der Waals surface area contributed by atoms with Gasteiger partial charge in [-0.2, -0.15) is 9.13 Å². The summed E-state index contributed by atoms with van der Waals surface area (Å²) in [5.74, 6) is 2.40. The summed E-state index contributed by atoms with van der Waals surface area (Å²) >= 11 is 0. The van der Waals surface area contributed by atoms with Gasteiger partial charge in [0, 0.05) is 34.7 Å². The highest BCUT2D eigenvalue weighted by Gasteiger charge is 2.25. The Kier molecular flexibility index (Phi) is 9.35. The van der Waals surface area contributed by atoms with Crippen LogP contribution in [0.2, 0.25) is 0 Å². The van der Waals surface area contributed by atoms with E-state index in [1.54, 1.807) is 0 Å². The number of fused-ring (bicyclic) bond motifs is 4. The van der Waals surface area contributed by atoms with Gasteiger partial charge in [-0.25, -0.2) is 4.98 Å². The van der Waals surface area contributed by atoms with Crippen LogP contribution < -0.4 is 9.30 Å². The molecule has 0 aliphatic carbocycles. The van der Waals surface area contributed by atoms with E-state index in [-0.39, 0.29) is 16.2 Å². The van der Waals surface area contributed by atoms with E-state index in [9.17, 15) is 0 Å². The molecular weight excluding hydrogens is 733 g/mol. The summed E-state index contributed by atoms with van der Waals surface area (Å²) < 4.78 is 13.6. The second kappa shape index (κ2) is 14.4. The van der Waals surface area contributed by atoms with E-state index >= 15 is 0 Å². The van der Waals surface area contributed by atoms with Crippen molar-refractivity contribution in [1.29, 1.82) is 0 Å². The van der Waals surface area contributed by atoms with Crippen LogP contribution in [0.4, 0.5) is 0 Å². The maximum absolute atomic E-state index is 6.73. The SMILES string of the molecule is Cc1cc(-n2c3ccccc3c3ccc(Oc4cccc(-n5c[n+](-c6cc(C(C)(C)C)cc(C(C)(C)C)c6)c6ccccc65)c4)cc32)ncc1-c1ccc(C(C)(C)C)cc1. The average Bonchev–Trinajstić information content (AvgIpc) is 3.76. The third-order valence-corrected chi connectivity index (χ3v) is 11.9. The van der Waals surface area contributed by atoms with Gasteiger partial charge in [0.25, 0.3) is 6.33 Å². The smallest absolute Gasteiger partial charge is 0.255 e. The van der Waals surface area contributed by atoms with Crippen LogP contribution in [0.15, 0.2) is 152 Å². The third kappa shape index (κ3) is 7.17. The summed E-state index contributed by atoms with van der Waals surface area (Å²) in [6, 6.07) is 50.1. The van der Waals surface area contributed by atoms with Crippen molar-refractivity contribution in [3.05, 3.63) is 174 Å². The van der Waals surface area contributed by atoms with Crippen LogP contribution in [0.25, 0.3) is 61.2 Å². The molecule has 300 valence electrons. The molecule has 6 aromatic carbocycles. The van der Waals surface area contributed by atoms with E-state index < -0.39 is 0 Å². The lowest BCUT2D eigenvalue weighted by Crippen LogP contribution is -2.31. The van der Waals surface area contributed by atoms with Crippen molar-refractivity contribution < 1.29 is 9.30 Å². The molecule has 3 heterocycles. The lowest BCUT2D eigenvalue weighted by atomic mass is 9.80. The molecule has 0 unspecified atom stereocenters. The Morgan fingerprint density at radius 1 is 0.533 bits per heavy atom. The van der Waals surface area contributed by atoms with E-state index in [2.05, 4.69) is 223 Å². The maximum atomic E-state index is 6.73. The van der Waals surface area contributed by atoms with Crippen LogP contribution in [-0.2, 0) is 16.2 Å². The van der Waals surface area contributed by atoms with Gasteiger partial charge < -0.3 is 4.74 Å². The molecule has 0 saturated heterocycles. The van der Waals surface area contributed by atoms with Crippen molar-refractivity contribution in [2.24, 2.45) is 0 Å². The molecular formula is C55H55N4O+. The topological polar surface area (TPSA) is 35.9 Å². The molecule has 5 heteroatoms. The number of hydrogen-bond acceptors (Lipinski definition) is 2. The van der Waals surface area contributed by atoms with Crippen molar-refractivity contribution in [3.63, 3.8) is 0 Å². The molecule has 0 fully saturated rings. The van der Waals surface area contributed by atoms with Gasteiger partial charge >= 0.3 is 0 Å². The summed E-state index contributed by atoms with van der Waals surface area (Å²) in [5.41, 5.74) is 14.2. The number of rotatable bonds is 6. The largest absolute Gasteiger partial charge is 0.457 e. The van der Waals surface area contributed by atoms with Gasteiger partial charge in [0.1, 0.15) is 28.7 Å². The zero-order valence-corrected chi connectivity index (χ0v) is 36.6. The molecule has 60 heavy (non-hydrogen) atoms. The molecule has 3 aromatic heterocycles. The van der Waals surface area contributed by atoms with Crippen molar-refractivity contribution in [3.8, 4) is 39.8 Å². The van der Waals surface area contributed by atoms with Crippen molar-refractivity contribution in [2.75, 3.05) is 0 Å². The molecule has 0 spiro atoms. The number of aryl methyl sites for hydroxylation is 1. The van der Waals surface area contributed by atoms with E-state index in [1.165, 1.54) is 33.2 Å². The van der Waals surface area contributed by atoms with E-state index in [0.717, 1.165) is 61.7 Å². The van der Waals surface area contributed by atoms with E-state index in [1.807, 2.05) is 12.3 Å². The highest BCUT2D eigenvalue weighted by molar-refractivity contribution is 6.09. The molecule has 0 N–H and O–H groups in total. The Balaban J connectivity index is 1.09. The molecule has 0 amide bonds. The quantitative estimate of drug-likeness (QED) is 0.157. The first-order valence-corrected chi connectivity index (χ1v) is 21.1. The summed E-state index contributed by atoms with van der Waals surface area (Å²) in [6.07, 6.45) is 4.23. The van der Waals surface area contributed by atoms with Crippen molar-refractivity contribution >= 4 is 32.8 Å². The van der Waals surface area contributed by atoms with Crippen LogP contribution in [0.5, 0.6) is 11.5 Å². The van der Waals surface area contributed by atoms with Gasteiger partial charge in [-0.15, -0.1) is 0 Å². The van der Waals surface area contributed by atoms with Gasteiger partial charge in [-0.3, -0.25) is 4.57 Å². The Morgan fingerprint density at radius 3 is 1.85 bits per heavy atom.